The van der Waals surface area contributed by atoms with Crippen LogP contribution in [-0.4, -0.2) is 12.4 Å². The monoisotopic (exact) mass is 273 g/mol. The molecule has 4 heteroatoms. The zero-order valence-corrected chi connectivity index (χ0v) is 12.2. The van der Waals surface area contributed by atoms with Crippen LogP contribution in [0.5, 0.6) is 5.75 Å². The van der Waals surface area contributed by atoms with E-state index < -0.39 is 5.41 Å². The number of ether oxygens (including phenoxy) is 1. The molecule has 0 saturated heterocycles. The van der Waals surface area contributed by atoms with E-state index in [4.69, 9.17) is 14.6 Å². The van der Waals surface area contributed by atoms with Gasteiger partial charge in [-0.25, -0.2) is 0 Å². The third-order valence-electron chi connectivity index (χ3n) is 2.98. The highest BCUT2D eigenvalue weighted by molar-refractivity contribution is 6.01. The first kappa shape index (κ1) is 14.3. The quantitative estimate of drug-likeness (QED) is 0.870. The molecule has 1 aromatic carbocycles. The summed E-state index contributed by atoms with van der Waals surface area (Å²) in [5.41, 5.74) is 0.143. The van der Waals surface area contributed by atoms with Crippen LogP contribution in [0.1, 0.15) is 38.1 Å². The summed E-state index contributed by atoms with van der Waals surface area (Å²) in [5.74, 6) is 0.489. The number of Topliss-reactive ketones (excluding diaryl/α,β-unsaturated/α-hetero) is 1. The summed E-state index contributed by atoms with van der Waals surface area (Å²) in [5, 5.41) is 8.71. The molecular formula is C16H19NO3. The first-order valence-electron chi connectivity index (χ1n) is 6.63. The van der Waals surface area contributed by atoms with Crippen molar-refractivity contribution in [3.8, 4) is 5.75 Å². The molecule has 0 bridgehead atoms. The molecule has 4 nitrogen and oxygen atoms in total. The maximum Gasteiger partial charge on any atom is 0.223 e. The number of hydrogen-bond donors (Lipinski definition) is 1. The number of fused-ring (bicyclic) bond motifs is 1. The Morgan fingerprint density at radius 3 is 2.65 bits per heavy atom. The predicted molar refractivity (Wildman–Crippen MR) is 77.0 cm³/mol. The molecule has 0 spiro atoms. The Morgan fingerprint density at radius 1 is 1.35 bits per heavy atom. The number of para-hydroxylation sites is 1. The van der Waals surface area contributed by atoms with Gasteiger partial charge in [-0.15, -0.1) is 0 Å². The van der Waals surface area contributed by atoms with Gasteiger partial charge >= 0.3 is 0 Å². The third kappa shape index (κ3) is 2.59. The fourth-order valence-electron chi connectivity index (χ4n) is 1.98. The smallest absolute Gasteiger partial charge is 0.223 e. The largest absolute Gasteiger partial charge is 0.490 e. The van der Waals surface area contributed by atoms with E-state index >= 15 is 0 Å². The number of carbonyl (C=O) groups is 1. The lowest BCUT2D eigenvalue weighted by Crippen LogP contribution is -2.26. The minimum atomic E-state index is -0.545. The van der Waals surface area contributed by atoms with Gasteiger partial charge < -0.3 is 9.15 Å². The van der Waals surface area contributed by atoms with Gasteiger partial charge in [0.25, 0.3) is 0 Å². The molecule has 0 unspecified atom stereocenters. The Kier molecular flexibility index (Phi) is 3.66. The molecule has 0 amide bonds. The summed E-state index contributed by atoms with van der Waals surface area (Å²) in [6, 6.07) is 7.19. The van der Waals surface area contributed by atoms with Crippen molar-refractivity contribution in [2.45, 2.75) is 27.7 Å². The predicted octanol–water partition coefficient (Wildman–Crippen LogP) is 3.54. The van der Waals surface area contributed by atoms with E-state index in [9.17, 15) is 4.79 Å². The van der Waals surface area contributed by atoms with Gasteiger partial charge in [-0.05, 0) is 19.1 Å². The third-order valence-corrected chi connectivity index (χ3v) is 2.98. The molecule has 106 valence electrons. The zero-order valence-electron chi connectivity index (χ0n) is 12.2. The Balaban J connectivity index is 2.65. The van der Waals surface area contributed by atoms with Crippen LogP contribution in [0.15, 0.2) is 28.7 Å². The molecule has 0 fully saturated rings. The van der Waals surface area contributed by atoms with Crippen LogP contribution in [0, 0.1) is 10.8 Å². The molecule has 2 aromatic rings. The summed E-state index contributed by atoms with van der Waals surface area (Å²) in [6.45, 7) is 7.89. The van der Waals surface area contributed by atoms with Crippen molar-refractivity contribution in [3.63, 3.8) is 0 Å². The Hall–Kier alpha value is -2.10. The van der Waals surface area contributed by atoms with Gasteiger partial charge in [-0.3, -0.25) is 10.2 Å². The van der Waals surface area contributed by atoms with Gasteiger partial charge in [0.15, 0.2) is 17.1 Å². The maximum absolute atomic E-state index is 12.3. The Labute approximate surface area is 117 Å². The second-order valence-electron chi connectivity index (χ2n) is 5.68. The number of rotatable bonds is 3. The fraction of sp³-hybridized carbons (Fsp3) is 0.375. The Morgan fingerprint density at radius 2 is 2.05 bits per heavy atom. The normalized spacial score (nSPS) is 11.6. The van der Waals surface area contributed by atoms with Crippen LogP contribution in [-0.2, 0) is 0 Å². The molecule has 0 aliphatic carbocycles. The summed E-state index contributed by atoms with van der Waals surface area (Å²) in [6.07, 6.45) is 0. The molecule has 1 heterocycles. The highest BCUT2D eigenvalue weighted by Gasteiger charge is 2.25. The van der Waals surface area contributed by atoms with Crippen LogP contribution in [0.4, 0.5) is 0 Å². The van der Waals surface area contributed by atoms with Crippen LogP contribution in [0.3, 0.4) is 0 Å². The average molecular weight is 273 g/mol. The van der Waals surface area contributed by atoms with E-state index in [0.717, 1.165) is 5.39 Å². The van der Waals surface area contributed by atoms with Gasteiger partial charge in [0.2, 0.25) is 5.55 Å². The van der Waals surface area contributed by atoms with E-state index in [2.05, 4.69) is 0 Å². The van der Waals surface area contributed by atoms with Gasteiger partial charge in [-0.1, -0.05) is 32.9 Å². The molecule has 0 saturated carbocycles. The van der Waals surface area contributed by atoms with Crippen molar-refractivity contribution in [2.24, 2.45) is 5.41 Å². The minimum absolute atomic E-state index is 0.102. The van der Waals surface area contributed by atoms with Gasteiger partial charge in [0.1, 0.15) is 0 Å². The summed E-state index contributed by atoms with van der Waals surface area (Å²) in [4.78, 5) is 12.3. The molecule has 20 heavy (non-hydrogen) atoms. The van der Waals surface area contributed by atoms with Crippen molar-refractivity contribution < 1.29 is 13.9 Å². The van der Waals surface area contributed by atoms with Crippen molar-refractivity contribution >= 4 is 16.8 Å². The lowest BCUT2D eigenvalue weighted by atomic mass is 9.87. The number of ketones is 1. The SMILES string of the molecule is CCOc1cccc2cc(C(=O)C(C)(C)C)c(=N)oc12. The van der Waals surface area contributed by atoms with Crippen LogP contribution < -0.4 is 10.3 Å². The first-order chi connectivity index (χ1) is 9.34. The van der Waals surface area contributed by atoms with E-state index in [1.807, 2.05) is 39.8 Å². The standard InChI is InChI=1S/C16H19NO3/c1-5-19-12-8-6-7-10-9-11(14(18)16(2,3)4)15(17)20-13(10)12/h6-9,17H,5H2,1-4H3. The lowest BCUT2D eigenvalue weighted by Gasteiger charge is -2.16. The lowest BCUT2D eigenvalue weighted by molar-refractivity contribution is 0.0853. The van der Waals surface area contributed by atoms with Gasteiger partial charge in [0, 0.05) is 10.8 Å². The molecule has 1 N–H and O–H groups in total. The number of nitrogens with one attached hydrogen (secondary N) is 1. The highest BCUT2D eigenvalue weighted by atomic mass is 16.5. The van der Waals surface area contributed by atoms with E-state index in [1.54, 1.807) is 12.1 Å². The molecule has 1 aromatic heterocycles. The topological polar surface area (TPSA) is 63.3 Å². The Bertz CT molecular complexity index is 708. The van der Waals surface area contributed by atoms with Crippen molar-refractivity contribution in [1.29, 1.82) is 5.41 Å². The second kappa shape index (κ2) is 5.12. The summed E-state index contributed by atoms with van der Waals surface area (Å²) >= 11 is 0. The van der Waals surface area contributed by atoms with Crippen molar-refractivity contribution in [1.82, 2.24) is 0 Å². The second-order valence-corrected chi connectivity index (χ2v) is 5.68. The zero-order chi connectivity index (χ0) is 14.9. The van der Waals surface area contributed by atoms with Crippen molar-refractivity contribution in [2.75, 3.05) is 6.61 Å². The number of hydrogen-bond acceptors (Lipinski definition) is 4. The molecule has 0 radical (unpaired) electrons. The molecule has 0 aliphatic heterocycles. The van der Waals surface area contributed by atoms with E-state index in [0.29, 0.717) is 23.5 Å². The average Bonchev–Trinajstić information content (AvgIpc) is 2.37. The maximum atomic E-state index is 12.3. The molecule has 0 atom stereocenters. The molecular weight excluding hydrogens is 254 g/mol. The van der Waals surface area contributed by atoms with E-state index in [1.165, 1.54) is 0 Å². The minimum Gasteiger partial charge on any atom is -0.490 e. The molecule has 0 aliphatic rings. The highest BCUT2D eigenvalue weighted by Crippen LogP contribution is 2.27. The summed E-state index contributed by atoms with van der Waals surface area (Å²) in [7, 11) is 0. The van der Waals surface area contributed by atoms with Gasteiger partial charge in [0.05, 0.1) is 12.2 Å². The van der Waals surface area contributed by atoms with Crippen LogP contribution in [0.2, 0.25) is 0 Å². The number of carbonyl (C=O) groups excluding carboxylic acids is 1. The molecule has 2 rings (SSSR count). The van der Waals surface area contributed by atoms with Crippen LogP contribution in [0.25, 0.3) is 11.0 Å². The fourth-order valence-corrected chi connectivity index (χ4v) is 1.98. The van der Waals surface area contributed by atoms with E-state index in [-0.39, 0.29) is 11.3 Å². The summed E-state index contributed by atoms with van der Waals surface area (Å²) < 4.78 is 11.0. The van der Waals surface area contributed by atoms with Gasteiger partial charge in [-0.2, -0.15) is 0 Å². The van der Waals surface area contributed by atoms with Crippen LogP contribution >= 0.6 is 0 Å². The number of benzene rings is 1. The first-order valence-corrected chi connectivity index (χ1v) is 6.63. The van der Waals surface area contributed by atoms with Crippen molar-refractivity contribution in [3.05, 3.63) is 35.4 Å².